The van der Waals surface area contributed by atoms with Crippen molar-refractivity contribution in [2.75, 3.05) is 5.32 Å². The van der Waals surface area contributed by atoms with Crippen LogP contribution >= 0.6 is 23.1 Å². The Hall–Kier alpha value is -2.06. The Morgan fingerprint density at radius 3 is 2.87 bits per heavy atom. The fraction of sp³-hybridized carbons (Fsp3) is 0.286. The Morgan fingerprint density at radius 2 is 2.22 bits per heavy atom. The highest BCUT2D eigenvalue weighted by Gasteiger charge is 2.23. The zero-order valence-corrected chi connectivity index (χ0v) is 13.9. The summed E-state index contributed by atoms with van der Waals surface area (Å²) in [6.07, 6.45) is -0.525. The first-order chi connectivity index (χ1) is 10.9. The summed E-state index contributed by atoms with van der Waals surface area (Å²) in [4.78, 5) is 24.3. The minimum Gasteiger partial charge on any atom is -0.448 e. The summed E-state index contributed by atoms with van der Waals surface area (Å²) >= 11 is 6.74. The molecule has 0 saturated heterocycles. The van der Waals surface area contributed by atoms with E-state index in [0.717, 1.165) is 23.7 Å². The predicted molar refractivity (Wildman–Crippen MR) is 84.2 cm³/mol. The van der Waals surface area contributed by atoms with E-state index in [1.54, 1.807) is 0 Å². The number of carbonyl (C=O) groups is 2. The van der Waals surface area contributed by atoms with Crippen LogP contribution in [-0.4, -0.2) is 27.6 Å². The quantitative estimate of drug-likeness (QED) is 0.832. The van der Waals surface area contributed by atoms with Gasteiger partial charge in [0.25, 0.3) is 5.91 Å². The zero-order chi connectivity index (χ0) is 17.0. The number of hydrogen-bond acceptors (Lipinski definition) is 6. The van der Waals surface area contributed by atoms with Crippen LogP contribution in [0.5, 0.6) is 0 Å². The van der Waals surface area contributed by atoms with Crippen LogP contribution in [0, 0.1) is 5.82 Å². The normalized spacial score (nSPS) is 11.8. The number of aryl methyl sites for hydroxylation is 1. The number of nitrogens with one attached hydrogen (secondary N) is 1. The second-order valence-electron chi connectivity index (χ2n) is 4.56. The Balaban J connectivity index is 2.01. The molecule has 1 aromatic heterocycles. The SMILES string of the molecule is CCc1nnsc1C(=O)O[C@H](C)C(=O)Nc1ccc(F)cc1Cl. The lowest BCUT2D eigenvalue weighted by molar-refractivity contribution is -0.123. The maximum absolute atomic E-state index is 13.0. The van der Waals surface area contributed by atoms with E-state index in [4.69, 9.17) is 16.3 Å². The number of aromatic nitrogens is 2. The molecule has 1 N–H and O–H groups in total. The number of ether oxygens (including phenoxy) is 1. The van der Waals surface area contributed by atoms with E-state index in [1.165, 1.54) is 13.0 Å². The molecule has 23 heavy (non-hydrogen) atoms. The highest BCUT2D eigenvalue weighted by atomic mass is 35.5. The number of benzene rings is 1. The first-order valence-electron chi connectivity index (χ1n) is 6.70. The Kier molecular flexibility index (Phi) is 5.62. The summed E-state index contributed by atoms with van der Waals surface area (Å²) < 4.78 is 21.8. The fourth-order valence-corrected chi connectivity index (χ4v) is 2.54. The van der Waals surface area contributed by atoms with Crippen LogP contribution in [0.2, 0.25) is 5.02 Å². The molecule has 0 bridgehead atoms. The summed E-state index contributed by atoms with van der Waals surface area (Å²) in [5.41, 5.74) is 0.754. The summed E-state index contributed by atoms with van der Waals surface area (Å²) in [6, 6.07) is 3.56. The monoisotopic (exact) mass is 357 g/mol. The molecular formula is C14H13ClFN3O3S. The van der Waals surface area contributed by atoms with Crippen molar-refractivity contribution in [2.24, 2.45) is 0 Å². The molecule has 1 aromatic carbocycles. The van der Waals surface area contributed by atoms with E-state index in [2.05, 4.69) is 14.9 Å². The van der Waals surface area contributed by atoms with Crippen molar-refractivity contribution >= 4 is 40.7 Å². The number of carbonyl (C=O) groups excluding carboxylic acids is 2. The molecule has 0 spiro atoms. The third kappa shape index (κ3) is 4.23. The van der Waals surface area contributed by atoms with Crippen molar-refractivity contribution < 1.29 is 18.7 Å². The Labute approximate surface area is 140 Å². The van der Waals surface area contributed by atoms with Crippen molar-refractivity contribution in [1.82, 2.24) is 9.59 Å². The summed E-state index contributed by atoms with van der Waals surface area (Å²) in [7, 11) is 0. The van der Waals surface area contributed by atoms with Crippen molar-refractivity contribution in [1.29, 1.82) is 0 Å². The standard InChI is InChI=1S/C14H13ClFN3O3S/c1-3-10-12(23-19-18-10)14(21)22-7(2)13(20)17-11-5-4-8(16)6-9(11)15/h4-7H,3H2,1-2H3,(H,17,20)/t7-/m1/s1. The maximum Gasteiger partial charge on any atom is 0.352 e. The molecular weight excluding hydrogens is 345 g/mol. The summed E-state index contributed by atoms with van der Waals surface area (Å²) in [6.45, 7) is 3.25. The van der Waals surface area contributed by atoms with Crippen LogP contribution in [0.1, 0.15) is 29.2 Å². The van der Waals surface area contributed by atoms with E-state index < -0.39 is 23.8 Å². The minimum absolute atomic E-state index is 0.0526. The highest BCUT2D eigenvalue weighted by molar-refractivity contribution is 7.07. The van der Waals surface area contributed by atoms with Gasteiger partial charge in [0, 0.05) is 0 Å². The number of anilines is 1. The van der Waals surface area contributed by atoms with E-state index in [9.17, 15) is 14.0 Å². The van der Waals surface area contributed by atoms with Crippen LogP contribution in [0.4, 0.5) is 10.1 Å². The molecule has 0 saturated carbocycles. The second-order valence-corrected chi connectivity index (χ2v) is 5.72. The molecule has 0 unspecified atom stereocenters. The largest absolute Gasteiger partial charge is 0.448 e. The van der Waals surface area contributed by atoms with Crippen molar-refractivity contribution in [3.05, 3.63) is 39.6 Å². The zero-order valence-electron chi connectivity index (χ0n) is 12.3. The van der Waals surface area contributed by atoms with Gasteiger partial charge >= 0.3 is 5.97 Å². The van der Waals surface area contributed by atoms with Gasteiger partial charge < -0.3 is 10.1 Å². The topological polar surface area (TPSA) is 81.2 Å². The lowest BCUT2D eigenvalue weighted by Gasteiger charge is -2.13. The average Bonchev–Trinajstić information content (AvgIpc) is 2.98. The molecule has 9 heteroatoms. The lowest BCUT2D eigenvalue weighted by Crippen LogP contribution is -2.30. The van der Waals surface area contributed by atoms with Gasteiger partial charge in [-0.25, -0.2) is 9.18 Å². The number of rotatable bonds is 5. The molecule has 0 aliphatic rings. The Bertz CT molecular complexity index is 738. The first kappa shape index (κ1) is 17.3. The molecule has 0 aliphatic carbocycles. The fourth-order valence-electron chi connectivity index (χ4n) is 1.69. The van der Waals surface area contributed by atoms with E-state index >= 15 is 0 Å². The molecule has 0 aliphatic heterocycles. The van der Waals surface area contributed by atoms with Crippen LogP contribution in [-0.2, 0) is 16.0 Å². The smallest absolute Gasteiger partial charge is 0.352 e. The lowest BCUT2D eigenvalue weighted by atomic mass is 10.2. The van der Waals surface area contributed by atoms with Crippen LogP contribution in [0.3, 0.4) is 0 Å². The number of nitrogens with zero attached hydrogens (tertiary/aromatic N) is 2. The molecule has 1 heterocycles. The van der Waals surface area contributed by atoms with Gasteiger partial charge in [0.2, 0.25) is 0 Å². The molecule has 122 valence electrons. The van der Waals surface area contributed by atoms with Gasteiger partial charge in [0.1, 0.15) is 5.82 Å². The van der Waals surface area contributed by atoms with E-state index in [0.29, 0.717) is 12.1 Å². The first-order valence-corrected chi connectivity index (χ1v) is 7.85. The number of halogens is 2. The molecule has 2 rings (SSSR count). The third-order valence-electron chi connectivity index (χ3n) is 2.92. The Morgan fingerprint density at radius 1 is 1.48 bits per heavy atom. The number of amides is 1. The minimum atomic E-state index is -1.06. The van der Waals surface area contributed by atoms with Crippen LogP contribution in [0.25, 0.3) is 0 Å². The van der Waals surface area contributed by atoms with Gasteiger partial charge in [0.05, 0.1) is 16.4 Å². The molecule has 1 atom stereocenters. The van der Waals surface area contributed by atoms with E-state index in [1.807, 2.05) is 6.92 Å². The van der Waals surface area contributed by atoms with Gasteiger partial charge in [-0.05, 0) is 43.1 Å². The number of esters is 1. The predicted octanol–water partition coefficient (Wildman–Crippen LogP) is 3.08. The average molecular weight is 358 g/mol. The third-order valence-corrected chi connectivity index (χ3v) is 3.98. The summed E-state index contributed by atoms with van der Waals surface area (Å²) in [5, 5.41) is 6.34. The maximum atomic E-state index is 13.0. The molecule has 1 amide bonds. The van der Waals surface area contributed by atoms with Gasteiger partial charge in [0.15, 0.2) is 11.0 Å². The molecule has 0 radical (unpaired) electrons. The van der Waals surface area contributed by atoms with Gasteiger partial charge in [-0.2, -0.15) is 0 Å². The van der Waals surface area contributed by atoms with Crippen LogP contribution in [0.15, 0.2) is 18.2 Å². The molecule has 2 aromatic rings. The van der Waals surface area contributed by atoms with Crippen molar-refractivity contribution in [2.45, 2.75) is 26.4 Å². The molecule has 0 fully saturated rings. The van der Waals surface area contributed by atoms with Crippen molar-refractivity contribution in [3.63, 3.8) is 0 Å². The van der Waals surface area contributed by atoms with Gasteiger partial charge in [-0.3, -0.25) is 4.79 Å². The summed E-state index contributed by atoms with van der Waals surface area (Å²) in [5.74, 6) is -1.76. The van der Waals surface area contributed by atoms with Crippen molar-refractivity contribution in [3.8, 4) is 0 Å². The van der Waals surface area contributed by atoms with Gasteiger partial charge in [-0.1, -0.05) is 23.0 Å². The number of hydrogen-bond donors (Lipinski definition) is 1. The second kappa shape index (κ2) is 7.47. The highest BCUT2D eigenvalue weighted by Crippen LogP contribution is 2.23. The van der Waals surface area contributed by atoms with E-state index in [-0.39, 0.29) is 15.6 Å². The molecule has 6 nitrogen and oxygen atoms in total. The van der Waals surface area contributed by atoms with Crippen LogP contribution < -0.4 is 5.32 Å². The van der Waals surface area contributed by atoms with Gasteiger partial charge in [-0.15, -0.1) is 5.10 Å².